The molecule has 0 aromatic carbocycles. The average molecular weight is 249 g/mol. The average Bonchev–Trinajstić information content (AvgIpc) is 3.14. The van der Waals surface area contributed by atoms with Gasteiger partial charge in [-0.1, -0.05) is 6.92 Å². The third-order valence-electron chi connectivity index (χ3n) is 4.04. The minimum atomic E-state index is 0.713. The standard InChI is InChI=1S/C13H23N5/c1-2-6-18-13(15-10-16-18)9-17-7-5-14-8-12(17)11-3-4-11/h10-12,14H,2-9H2,1H3. The predicted molar refractivity (Wildman–Crippen MR) is 70.1 cm³/mol. The highest BCUT2D eigenvalue weighted by Gasteiger charge is 2.36. The van der Waals surface area contributed by atoms with Crippen molar-refractivity contribution in [1.82, 2.24) is 25.0 Å². The number of nitrogens with one attached hydrogen (secondary N) is 1. The van der Waals surface area contributed by atoms with E-state index in [1.165, 1.54) is 12.8 Å². The van der Waals surface area contributed by atoms with Gasteiger partial charge in [0.25, 0.3) is 0 Å². The van der Waals surface area contributed by atoms with Gasteiger partial charge in [-0.25, -0.2) is 9.67 Å². The van der Waals surface area contributed by atoms with Crippen molar-refractivity contribution in [2.45, 2.75) is 45.3 Å². The van der Waals surface area contributed by atoms with Crippen LogP contribution in [0, 0.1) is 5.92 Å². The zero-order chi connectivity index (χ0) is 12.4. The molecule has 5 nitrogen and oxygen atoms in total. The summed E-state index contributed by atoms with van der Waals surface area (Å²) in [7, 11) is 0. The fourth-order valence-electron chi connectivity index (χ4n) is 2.90. The van der Waals surface area contributed by atoms with Gasteiger partial charge in [0, 0.05) is 32.2 Å². The van der Waals surface area contributed by atoms with Crippen LogP contribution in [-0.4, -0.2) is 45.3 Å². The summed E-state index contributed by atoms with van der Waals surface area (Å²) >= 11 is 0. The van der Waals surface area contributed by atoms with Crippen LogP contribution in [0.15, 0.2) is 6.33 Å². The van der Waals surface area contributed by atoms with Crippen LogP contribution >= 0.6 is 0 Å². The second-order valence-corrected chi connectivity index (χ2v) is 5.48. The van der Waals surface area contributed by atoms with E-state index in [2.05, 4.69) is 31.9 Å². The zero-order valence-corrected chi connectivity index (χ0v) is 11.2. The molecule has 1 saturated carbocycles. The van der Waals surface area contributed by atoms with Crippen molar-refractivity contribution in [3.63, 3.8) is 0 Å². The van der Waals surface area contributed by atoms with E-state index in [0.717, 1.165) is 50.9 Å². The van der Waals surface area contributed by atoms with Crippen molar-refractivity contribution in [3.05, 3.63) is 12.2 Å². The Morgan fingerprint density at radius 1 is 1.44 bits per heavy atom. The number of aryl methyl sites for hydroxylation is 1. The van der Waals surface area contributed by atoms with Crippen LogP contribution in [0.3, 0.4) is 0 Å². The molecule has 0 amide bonds. The van der Waals surface area contributed by atoms with Gasteiger partial charge in [0.05, 0.1) is 6.54 Å². The maximum Gasteiger partial charge on any atom is 0.141 e. The van der Waals surface area contributed by atoms with E-state index in [1.807, 2.05) is 0 Å². The van der Waals surface area contributed by atoms with Crippen LogP contribution in [0.4, 0.5) is 0 Å². The Labute approximate surface area is 109 Å². The molecule has 1 saturated heterocycles. The molecule has 1 N–H and O–H groups in total. The molecule has 1 aliphatic heterocycles. The lowest BCUT2D eigenvalue weighted by Gasteiger charge is -2.36. The van der Waals surface area contributed by atoms with E-state index in [0.29, 0.717) is 6.04 Å². The molecule has 2 fully saturated rings. The lowest BCUT2D eigenvalue weighted by Crippen LogP contribution is -2.52. The van der Waals surface area contributed by atoms with E-state index in [1.54, 1.807) is 6.33 Å². The molecule has 2 heterocycles. The largest absolute Gasteiger partial charge is 0.314 e. The van der Waals surface area contributed by atoms with Crippen molar-refractivity contribution in [3.8, 4) is 0 Å². The predicted octanol–water partition coefficient (Wildman–Crippen LogP) is 0.872. The lowest BCUT2D eigenvalue weighted by molar-refractivity contribution is 0.130. The van der Waals surface area contributed by atoms with Crippen LogP contribution in [0.25, 0.3) is 0 Å². The molecule has 3 rings (SSSR count). The van der Waals surface area contributed by atoms with Crippen LogP contribution in [-0.2, 0) is 13.1 Å². The Balaban J connectivity index is 1.67. The maximum absolute atomic E-state index is 4.43. The number of rotatable bonds is 5. The monoisotopic (exact) mass is 249 g/mol. The van der Waals surface area contributed by atoms with E-state index < -0.39 is 0 Å². The molecule has 1 aliphatic carbocycles. The number of piperazine rings is 1. The fraction of sp³-hybridized carbons (Fsp3) is 0.846. The first-order chi connectivity index (χ1) is 8.88. The van der Waals surface area contributed by atoms with Crippen molar-refractivity contribution in [2.75, 3.05) is 19.6 Å². The zero-order valence-electron chi connectivity index (χ0n) is 11.2. The van der Waals surface area contributed by atoms with Gasteiger partial charge in [0.1, 0.15) is 12.2 Å². The third kappa shape index (κ3) is 2.57. The summed E-state index contributed by atoms with van der Waals surface area (Å²) in [6, 6.07) is 0.713. The summed E-state index contributed by atoms with van der Waals surface area (Å²) in [4.78, 5) is 7.03. The number of nitrogens with zero attached hydrogens (tertiary/aromatic N) is 4. The SMILES string of the molecule is CCCn1ncnc1CN1CCNCC1C1CC1. The van der Waals surface area contributed by atoms with Gasteiger partial charge < -0.3 is 5.32 Å². The van der Waals surface area contributed by atoms with Crippen molar-refractivity contribution in [2.24, 2.45) is 5.92 Å². The Morgan fingerprint density at radius 3 is 3.11 bits per heavy atom. The summed E-state index contributed by atoms with van der Waals surface area (Å²) in [6.45, 7) is 7.51. The van der Waals surface area contributed by atoms with Gasteiger partial charge in [0.2, 0.25) is 0 Å². The molecule has 100 valence electrons. The van der Waals surface area contributed by atoms with Crippen LogP contribution in [0.5, 0.6) is 0 Å². The van der Waals surface area contributed by atoms with Gasteiger partial charge in [-0.05, 0) is 25.2 Å². The minimum Gasteiger partial charge on any atom is -0.314 e. The number of hydrogen-bond acceptors (Lipinski definition) is 4. The first-order valence-corrected chi connectivity index (χ1v) is 7.20. The molecule has 5 heteroatoms. The van der Waals surface area contributed by atoms with Gasteiger partial charge in [-0.3, -0.25) is 4.90 Å². The summed E-state index contributed by atoms with van der Waals surface area (Å²) in [6.07, 6.45) is 5.62. The molecular weight excluding hydrogens is 226 g/mol. The summed E-state index contributed by atoms with van der Waals surface area (Å²) < 4.78 is 2.06. The third-order valence-corrected chi connectivity index (χ3v) is 4.04. The second-order valence-electron chi connectivity index (χ2n) is 5.48. The number of hydrogen-bond donors (Lipinski definition) is 1. The Kier molecular flexibility index (Phi) is 3.61. The Bertz CT molecular complexity index is 384. The normalized spacial score (nSPS) is 25.5. The Morgan fingerprint density at radius 2 is 2.33 bits per heavy atom. The van der Waals surface area contributed by atoms with E-state index in [4.69, 9.17) is 0 Å². The van der Waals surface area contributed by atoms with Gasteiger partial charge >= 0.3 is 0 Å². The molecule has 18 heavy (non-hydrogen) atoms. The number of aromatic nitrogens is 3. The molecule has 0 bridgehead atoms. The first-order valence-electron chi connectivity index (χ1n) is 7.20. The van der Waals surface area contributed by atoms with E-state index in [9.17, 15) is 0 Å². The highest BCUT2D eigenvalue weighted by atomic mass is 15.4. The second kappa shape index (κ2) is 5.36. The van der Waals surface area contributed by atoms with Crippen molar-refractivity contribution in [1.29, 1.82) is 0 Å². The van der Waals surface area contributed by atoms with Gasteiger partial charge in [-0.2, -0.15) is 5.10 Å². The molecule has 0 spiro atoms. The first kappa shape index (κ1) is 12.1. The molecule has 1 atom stereocenters. The van der Waals surface area contributed by atoms with Crippen LogP contribution in [0.1, 0.15) is 32.0 Å². The fourth-order valence-corrected chi connectivity index (χ4v) is 2.90. The molecule has 2 aliphatic rings. The van der Waals surface area contributed by atoms with Crippen molar-refractivity contribution < 1.29 is 0 Å². The Hall–Kier alpha value is -0.940. The highest BCUT2D eigenvalue weighted by Crippen LogP contribution is 2.36. The minimum absolute atomic E-state index is 0.713. The van der Waals surface area contributed by atoms with Crippen LogP contribution < -0.4 is 5.32 Å². The van der Waals surface area contributed by atoms with E-state index in [-0.39, 0.29) is 0 Å². The van der Waals surface area contributed by atoms with Crippen LogP contribution in [0.2, 0.25) is 0 Å². The molecular formula is C13H23N5. The van der Waals surface area contributed by atoms with E-state index >= 15 is 0 Å². The molecule has 0 radical (unpaired) electrons. The lowest BCUT2D eigenvalue weighted by atomic mass is 10.1. The topological polar surface area (TPSA) is 46.0 Å². The summed E-state index contributed by atoms with van der Waals surface area (Å²) in [5, 5.41) is 7.84. The van der Waals surface area contributed by atoms with Gasteiger partial charge in [0.15, 0.2) is 0 Å². The molecule has 1 unspecified atom stereocenters. The van der Waals surface area contributed by atoms with Crippen molar-refractivity contribution >= 4 is 0 Å². The highest BCUT2D eigenvalue weighted by molar-refractivity contribution is 4.95. The quantitative estimate of drug-likeness (QED) is 0.841. The molecule has 1 aromatic heterocycles. The maximum atomic E-state index is 4.43. The molecule has 1 aromatic rings. The smallest absolute Gasteiger partial charge is 0.141 e. The summed E-state index contributed by atoms with van der Waals surface area (Å²) in [5.41, 5.74) is 0. The van der Waals surface area contributed by atoms with Gasteiger partial charge in [-0.15, -0.1) is 0 Å². The summed E-state index contributed by atoms with van der Waals surface area (Å²) in [5.74, 6) is 2.05.